The van der Waals surface area contributed by atoms with Gasteiger partial charge in [0.05, 0.1) is 6.61 Å². The van der Waals surface area contributed by atoms with Crippen LogP contribution in [0.1, 0.15) is 13.8 Å². The fourth-order valence-electron chi connectivity index (χ4n) is 1.71. The molecule has 7 heteroatoms. The summed E-state index contributed by atoms with van der Waals surface area (Å²) >= 11 is 0. The van der Waals surface area contributed by atoms with Crippen molar-refractivity contribution in [2.45, 2.75) is 44.5 Å². The van der Waals surface area contributed by atoms with E-state index in [1.54, 1.807) is 6.92 Å². The fraction of sp³-hybridized carbons (Fsp3) is 0.900. The number of ether oxygens (including phenoxy) is 2. The van der Waals surface area contributed by atoms with Crippen LogP contribution in [0.15, 0.2) is 0 Å². The highest BCUT2D eigenvalue weighted by Crippen LogP contribution is 2.20. The van der Waals surface area contributed by atoms with Crippen LogP contribution in [-0.4, -0.2) is 65.1 Å². The Morgan fingerprint density at radius 2 is 2.00 bits per heavy atom. The van der Waals surface area contributed by atoms with Crippen molar-refractivity contribution in [3.05, 3.63) is 0 Å². The summed E-state index contributed by atoms with van der Waals surface area (Å²) in [5.41, 5.74) is 0. The molecule has 4 N–H and O–H groups in total. The first-order valence-electron chi connectivity index (χ1n) is 5.51. The van der Waals surface area contributed by atoms with Gasteiger partial charge in [0.2, 0.25) is 5.91 Å². The Bertz CT molecular complexity index is 261. The summed E-state index contributed by atoms with van der Waals surface area (Å²) in [5, 5.41) is 31.4. The summed E-state index contributed by atoms with van der Waals surface area (Å²) in [5.74, 6) is -0.424. The third kappa shape index (κ3) is 3.62. The summed E-state index contributed by atoms with van der Waals surface area (Å²) in [7, 11) is 0. The van der Waals surface area contributed by atoms with Crippen LogP contribution in [0.2, 0.25) is 0 Å². The summed E-state index contributed by atoms with van der Waals surface area (Å²) < 4.78 is 10.2. The van der Waals surface area contributed by atoms with Crippen molar-refractivity contribution in [2.75, 3.05) is 13.2 Å². The lowest BCUT2D eigenvalue weighted by Gasteiger charge is -2.40. The number of amides is 1. The van der Waals surface area contributed by atoms with Crippen molar-refractivity contribution < 1.29 is 29.6 Å². The van der Waals surface area contributed by atoms with E-state index in [4.69, 9.17) is 9.47 Å². The minimum absolute atomic E-state index is 0.0680. The molecule has 0 spiro atoms. The molecule has 0 aromatic heterocycles. The highest BCUT2D eigenvalue weighted by atomic mass is 16.6. The van der Waals surface area contributed by atoms with Crippen LogP contribution in [0.25, 0.3) is 0 Å². The van der Waals surface area contributed by atoms with Gasteiger partial charge in [-0.05, 0) is 6.92 Å². The molecule has 0 saturated carbocycles. The molecule has 0 bridgehead atoms. The highest BCUT2D eigenvalue weighted by molar-refractivity contribution is 5.73. The number of carbonyl (C=O) groups excluding carboxylic acids is 1. The van der Waals surface area contributed by atoms with Gasteiger partial charge in [-0.2, -0.15) is 0 Å². The Balaban J connectivity index is 2.62. The topological polar surface area (TPSA) is 108 Å². The van der Waals surface area contributed by atoms with E-state index < -0.39 is 36.6 Å². The molecule has 0 aromatic carbocycles. The largest absolute Gasteiger partial charge is 0.388 e. The van der Waals surface area contributed by atoms with Crippen LogP contribution < -0.4 is 5.32 Å². The monoisotopic (exact) mass is 249 g/mol. The third-order valence-corrected chi connectivity index (χ3v) is 2.58. The molecule has 1 amide bonds. The van der Waals surface area contributed by atoms with Crippen molar-refractivity contribution in [3.63, 3.8) is 0 Å². The highest BCUT2D eigenvalue weighted by Gasteiger charge is 2.44. The number of hydrogen-bond acceptors (Lipinski definition) is 6. The molecule has 1 heterocycles. The van der Waals surface area contributed by atoms with Crippen molar-refractivity contribution >= 4 is 5.91 Å². The lowest BCUT2D eigenvalue weighted by Crippen LogP contribution is -2.64. The van der Waals surface area contributed by atoms with Gasteiger partial charge in [-0.25, -0.2) is 0 Å². The van der Waals surface area contributed by atoms with Crippen LogP contribution in [0.5, 0.6) is 0 Å². The molecule has 7 nitrogen and oxygen atoms in total. The Labute approximate surface area is 99.3 Å². The first kappa shape index (κ1) is 14.3. The lowest BCUT2D eigenvalue weighted by atomic mass is 9.97. The van der Waals surface area contributed by atoms with E-state index in [1.165, 1.54) is 6.92 Å². The molecule has 1 saturated heterocycles. The zero-order valence-corrected chi connectivity index (χ0v) is 9.87. The fourth-order valence-corrected chi connectivity index (χ4v) is 1.71. The van der Waals surface area contributed by atoms with Gasteiger partial charge >= 0.3 is 0 Å². The zero-order chi connectivity index (χ0) is 13.0. The van der Waals surface area contributed by atoms with Crippen LogP contribution >= 0.6 is 0 Å². The lowest BCUT2D eigenvalue weighted by molar-refractivity contribution is -0.256. The van der Waals surface area contributed by atoms with E-state index in [0.29, 0.717) is 6.61 Å². The van der Waals surface area contributed by atoms with Crippen LogP contribution in [0.4, 0.5) is 0 Å². The third-order valence-electron chi connectivity index (χ3n) is 2.58. The molecule has 0 aliphatic carbocycles. The second-order valence-electron chi connectivity index (χ2n) is 3.93. The normalized spacial score (nSPS) is 37.8. The maximum atomic E-state index is 10.9. The summed E-state index contributed by atoms with van der Waals surface area (Å²) in [4.78, 5) is 10.9. The van der Waals surface area contributed by atoms with E-state index >= 15 is 0 Å². The standard InChI is InChI=1S/C10H19NO6/c1-3-16-4-6-8(13)9(14)7(10(15)17-6)11-5(2)12/h6-10,13-15H,3-4H2,1-2H3,(H,11,12)/t6-,7-,8-,9-,10?/m1/s1. The van der Waals surface area contributed by atoms with Gasteiger partial charge in [-0.3, -0.25) is 4.79 Å². The van der Waals surface area contributed by atoms with Crippen LogP contribution in [0.3, 0.4) is 0 Å². The van der Waals surface area contributed by atoms with Gasteiger partial charge in [-0.1, -0.05) is 0 Å². The van der Waals surface area contributed by atoms with Gasteiger partial charge in [-0.15, -0.1) is 0 Å². The van der Waals surface area contributed by atoms with Gasteiger partial charge in [0.25, 0.3) is 0 Å². The SMILES string of the molecule is CCOC[C@H]1OC(O)[C@H](NC(C)=O)[C@@H](O)[C@@H]1O. The van der Waals surface area contributed by atoms with Crippen LogP contribution in [0, 0.1) is 0 Å². The molecule has 1 rings (SSSR count). The van der Waals surface area contributed by atoms with Crippen molar-refractivity contribution in [1.82, 2.24) is 5.32 Å². The summed E-state index contributed by atoms with van der Waals surface area (Å²) in [6.45, 7) is 3.53. The maximum Gasteiger partial charge on any atom is 0.217 e. The predicted molar refractivity (Wildman–Crippen MR) is 57.0 cm³/mol. The zero-order valence-electron chi connectivity index (χ0n) is 9.87. The molecule has 1 aliphatic heterocycles. The summed E-state index contributed by atoms with van der Waals surface area (Å²) in [6.07, 6.45) is -4.71. The number of rotatable bonds is 4. The average molecular weight is 249 g/mol. The minimum Gasteiger partial charge on any atom is -0.388 e. The molecule has 100 valence electrons. The molecule has 5 atom stereocenters. The van der Waals surface area contributed by atoms with E-state index in [1.807, 2.05) is 0 Å². The maximum absolute atomic E-state index is 10.9. The molecular weight excluding hydrogens is 230 g/mol. The number of aliphatic hydroxyl groups excluding tert-OH is 3. The molecule has 1 aliphatic rings. The van der Waals surface area contributed by atoms with Crippen molar-refractivity contribution in [2.24, 2.45) is 0 Å². The predicted octanol–water partition coefficient (Wildman–Crippen LogP) is -2.03. The van der Waals surface area contributed by atoms with Crippen LogP contribution in [-0.2, 0) is 14.3 Å². The molecule has 0 aromatic rings. The second kappa shape index (κ2) is 6.27. The van der Waals surface area contributed by atoms with Gasteiger partial charge in [0.15, 0.2) is 6.29 Å². The number of hydrogen-bond donors (Lipinski definition) is 4. The Morgan fingerprint density at radius 1 is 1.35 bits per heavy atom. The van der Waals surface area contributed by atoms with E-state index in [2.05, 4.69) is 5.32 Å². The average Bonchev–Trinajstić information content (AvgIpc) is 2.27. The Morgan fingerprint density at radius 3 is 2.53 bits per heavy atom. The Hall–Kier alpha value is -0.730. The first-order chi connectivity index (χ1) is 7.97. The summed E-state index contributed by atoms with van der Waals surface area (Å²) in [6, 6.07) is -1.04. The van der Waals surface area contributed by atoms with Gasteiger partial charge < -0.3 is 30.1 Å². The number of nitrogens with one attached hydrogen (secondary N) is 1. The first-order valence-corrected chi connectivity index (χ1v) is 5.51. The molecule has 0 radical (unpaired) electrons. The van der Waals surface area contributed by atoms with E-state index in [9.17, 15) is 20.1 Å². The smallest absolute Gasteiger partial charge is 0.217 e. The minimum atomic E-state index is -1.37. The van der Waals surface area contributed by atoms with Crippen molar-refractivity contribution in [1.29, 1.82) is 0 Å². The molecular formula is C10H19NO6. The van der Waals surface area contributed by atoms with E-state index in [-0.39, 0.29) is 6.61 Å². The molecule has 1 unspecified atom stereocenters. The van der Waals surface area contributed by atoms with Crippen molar-refractivity contribution in [3.8, 4) is 0 Å². The molecule has 17 heavy (non-hydrogen) atoms. The Kier molecular flexibility index (Phi) is 5.29. The number of aliphatic hydroxyl groups is 3. The number of carbonyl (C=O) groups is 1. The van der Waals surface area contributed by atoms with Gasteiger partial charge in [0, 0.05) is 13.5 Å². The van der Waals surface area contributed by atoms with E-state index in [0.717, 1.165) is 0 Å². The second-order valence-corrected chi connectivity index (χ2v) is 3.93. The van der Waals surface area contributed by atoms with Gasteiger partial charge in [0.1, 0.15) is 24.4 Å². The quantitative estimate of drug-likeness (QED) is 0.457. The molecule has 1 fully saturated rings.